The van der Waals surface area contributed by atoms with Gasteiger partial charge in [-0.2, -0.15) is 0 Å². The number of ether oxygens (including phenoxy) is 1. The molecule has 2 rings (SSSR count). The lowest BCUT2D eigenvalue weighted by atomic mass is 10.3. The summed E-state index contributed by atoms with van der Waals surface area (Å²) in [5.41, 5.74) is 0. The molecular weight excluding hydrogens is 212 g/mol. The van der Waals surface area contributed by atoms with Gasteiger partial charge in [-0.3, -0.25) is 0 Å². The highest BCUT2D eigenvalue weighted by atomic mass is 28.2. The van der Waals surface area contributed by atoms with E-state index in [2.05, 4.69) is 31.2 Å². The number of rotatable bonds is 4. The van der Waals surface area contributed by atoms with E-state index in [-0.39, 0.29) is 9.52 Å². The van der Waals surface area contributed by atoms with Gasteiger partial charge in [0.2, 0.25) is 0 Å². The number of benzene rings is 2. The number of para-hydroxylation sites is 1. The zero-order chi connectivity index (χ0) is 11.2. The van der Waals surface area contributed by atoms with Crippen molar-refractivity contribution in [1.29, 1.82) is 0 Å². The molecule has 0 bridgehead atoms. The molecule has 0 radical (unpaired) electrons. The molecule has 0 unspecified atom stereocenters. The monoisotopic (exact) mass is 228 g/mol. The van der Waals surface area contributed by atoms with Crippen LogP contribution in [0.4, 0.5) is 0 Å². The molecule has 16 heavy (non-hydrogen) atoms. The summed E-state index contributed by atoms with van der Waals surface area (Å²) in [7, 11) is -0.0430. The molecule has 0 spiro atoms. The minimum absolute atomic E-state index is 0.0430. The SMILES string of the molecule is CC[SiH2]c1ccc(Oc2ccccc2)cc1. The Morgan fingerprint density at radius 2 is 1.50 bits per heavy atom. The minimum atomic E-state index is -0.0430. The summed E-state index contributed by atoms with van der Waals surface area (Å²) in [6.07, 6.45) is 0. The molecule has 0 N–H and O–H groups in total. The van der Waals surface area contributed by atoms with Gasteiger partial charge < -0.3 is 4.74 Å². The van der Waals surface area contributed by atoms with E-state index in [0.29, 0.717) is 0 Å². The summed E-state index contributed by atoms with van der Waals surface area (Å²) >= 11 is 0. The lowest BCUT2D eigenvalue weighted by Crippen LogP contribution is -2.11. The Balaban J connectivity index is 2.05. The highest BCUT2D eigenvalue weighted by Crippen LogP contribution is 2.19. The van der Waals surface area contributed by atoms with Gasteiger partial charge in [0, 0.05) is 0 Å². The van der Waals surface area contributed by atoms with Crippen molar-refractivity contribution in [2.45, 2.75) is 13.0 Å². The summed E-state index contributed by atoms with van der Waals surface area (Å²) in [4.78, 5) is 0. The fourth-order valence-corrected chi connectivity index (χ4v) is 2.78. The largest absolute Gasteiger partial charge is 0.457 e. The van der Waals surface area contributed by atoms with Crippen LogP contribution in [0.3, 0.4) is 0 Å². The van der Waals surface area contributed by atoms with Crippen molar-refractivity contribution in [3.63, 3.8) is 0 Å². The topological polar surface area (TPSA) is 9.23 Å². The van der Waals surface area contributed by atoms with E-state index in [9.17, 15) is 0 Å². The van der Waals surface area contributed by atoms with Gasteiger partial charge in [-0.25, -0.2) is 0 Å². The Hall–Kier alpha value is -1.54. The Labute approximate surface area is 98.9 Å². The average molecular weight is 228 g/mol. The highest BCUT2D eigenvalue weighted by molar-refractivity contribution is 6.53. The number of hydrogen-bond donors (Lipinski definition) is 0. The Morgan fingerprint density at radius 3 is 2.12 bits per heavy atom. The summed E-state index contributed by atoms with van der Waals surface area (Å²) < 4.78 is 5.73. The van der Waals surface area contributed by atoms with Crippen LogP contribution in [0.15, 0.2) is 54.6 Å². The van der Waals surface area contributed by atoms with Crippen LogP contribution >= 0.6 is 0 Å². The predicted octanol–water partition coefficient (Wildman–Crippen LogP) is 2.71. The van der Waals surface area contributed by atoms with E-state index in [1.54, 1.807) is 0 Å². The molecule has 0 aliphatic carbocycles. The zero-order valence-corrected chi connectivity index (χ0v) is 10.9. The maximum absolute atomic E-state index is 5.73. The molecule has 2 aromatic rings. The molecular formula is C14H16OSi. The molecule has 0 atom stereocenters. The fraction of sp³-hybridized carbons (Fsp3) is 0.143. The molecule has 0 amide bonds. The van der Waals surface area contributed by atoms with Gasteiger partial charge in [-0.05, 0) is 24.3 Å². The van der Waals surface area contributed by atoms with Crippen molar-refractivity contribution in [1.82, 2.24) is 0 Å². The van der Waals surface area contributed by atoms with Gasteiger partial charge in [0.25, 0.3) is 0 Å². The summed E-state index contributed by atoms with van der Waals surface area (Å²) in [5.74, 6) is 1.81. The van der Waals surface area contributed by atoms with Gasteiger partial charge in [0.15, 0.2) is 0 Å². The third-order valence-electron chi connectivity index (χ3n) is 2.44. The molecule has 82 valence electrons. The first kappa shape index (κ1) is 11.0. The van der Waals surface area contributed by atoms with Crippen molar-refractivity contribution < 1.29 is 4.74 Å². The van der Waals surface area contributed by atoms with Crippen molar-refractivity contribution in [3.8, 4) is 11.5 Å². The van der Waals surface area contributed by atoms with Crippen LogP contribution in [0.5, 0.6) is 11.5 Å². The average Bonchev–Trinajstić information content (AvgIpc) is 2.33. The number of hydrogen-bond acceptors (Lipinski definition) is 1. The summed E-state index contributed by atoms with van der Waals surface area (Å²) in [5, 5.41) is 1.50. The van der Waals surface area contributed by atoms with Crippen LogP contribution in [0.2, 0.25) is 6.04 Å². The summed E-state index contributed by atoms with van der Waals surface area (Å²) in [6, 6.07) is 19.7. The lowest BCUT2D eigenvalue weighted by Gasteiger charge is -2.05. The van der Waals surface area contributed by atoms with Crippen molar-refractivity contribution in [2.75, 3.05) is 0 Å². The molecule has 0 saturated carbocycles. The second kappa shape index (κ2) is 5.52. The zero-order valence-electron chi connectivity index (χ0n) is 9.52. The first-order valence-corrected chi connectivity index (χ1v) is 7.41. The van der Waals surface area contributed by atoms with E-state index in [0.717, 1.165) is 11.5 Å². The summed E-state index contributed by atoms with van der Waals surface area (Å²) in [6.45, 7) is 2.25. The smallest absolute Gasteiger partial charge is 0.127 e. The Kier molecular flexibility index (Phi) is 3.78. The van der Waals surface area contributed by atoms with Crippen LogP contribution < -0.4 is 9.92 Å². The Morgan fingerprint density at radius 1 is 0.875 bits per heavy atom. The lowest BCUT2D eigenvalue weighted by molar-refractivity contribution is 0.483. The maximum Gasteiger partial charge on any atom is 0.127 e. The molecule has 0 aromatic heterocycles. The van der Waals surface area contributed by atoms with E-state index in [4.69, 9.17) is 4.74 Å². The van der Waals surface area contributed by atoms with Crippen molar-refractivity contribution in [3.05, 3.63) is 54.6 Å². The second-order valence-corrected chi connectivity index (χ2v) is 6.13. The van der Waals surface area contributed by atoms with Gasteiger partial charge in [-0.15, -0.1) is 0 Å². The van der Waals surface area contributed by atoms with E-state index in [1.807, 2.05) is 30.3 Å². The van der Waals surface area contributed by atoms with Gasteiger partial charge in [0.1, 0.15) is 11.5 Å². The van der Waals surface area contributed by atoms with Crippen LogP contribution in [0, 0.1) is 0 Å². The van der Waals surface area contributed by atoms with Gasteiger partial charge >= 0.3 is 0 Å². The van der Waals surface area contributed by atoms with Crippen LogP contribution in [-0.4, -0.2) is 9.52 Å². The molecule has 1 nitrogen and oxygen atoms in total. The van der Waals surface area contributed by atoms with Crippen molar-refractivity contribution >= 4 is 14.7 Å². The molecule has 2 heteroatoms. The van der Waals surface area contributed by atoms with Crippen LogP contribution in [0.1, 0.15) is 6.92 Å². The predicted molar refractivity (Wildman–Crippen MR) is 71.6 cm³/mol. The fourth-order valence-electron chi connectivity index (χ4n) is 1.64. The normalized spacial score (nSPS) is 10.8. The van der Waals surface area contributed by atoms with Crippen LogP contribution in [0.25, 0.3) is 0 Å². The molecule has 2 aromatic carbocycles. The molecule has 0 aliphatic heterocycles. The molecule has 0 heterocycles. The van der Waals surface area contributed by atoms with E-state index < -0.39 is 0 Å². The third-order valence-corrected chi connectivity index (χ3v) is 3.99. The highest BCUT2D eigenvalue weighted by Gasteiger charge is 1.96. The van der Waals surface area contributed by atoms with E-state index >= 15 is 0 Å². The Bertz CT molecular complexity index is 422. The van der Waals surface area contributed by atoms with Gasteiger partial charge in [-0.1, -0.05) is 48.5 Å². The molecule has 0 aliphatic rings. The second-order valence-electron chi connectivity index (χ2n) is 3.81. The maximum atomic E-state index is 5.73. The minimum Gasteiger partial charge on any atom is -0.457 e. The standard InChI is InChI=1S/C14H16OSi/c1-2-16-14-10-8-13(9-11-14)15-12-6-4-3-5-7-12/h3-11H,2,16H2,1H3. The quantitative estimate of drug-likeness (QED) is 0.731. The first-order valence-electron chi connectivity index (χ1n) is 5.70. The van der Waals surface area contributed by atoms with Crippen LogP contribution in [-0.2, 0) is 0 Å². The molecule has 0 saturated heterocycles. The first-order chi connectivity index (χ1) is 7.88. The molecule has 0 fully saturated rings. The van der Waals surface area contributed by atoms with Crippen molar-refractivity contribution in [2.24, 2.45) is 0 Å². The van der Waals surface area contributed by atoms with Gasteiger partial charge in [0.05, 0.1) is 9.52 Å². The van der Waals surface area contributed by atoms with E-state index in [1.165, 1.54) is 11.2 Å². The third kappa shape index (κ3) is 2.97.